The number of nitrogens with zero attached hydrogens (tertiary/aromatic N) is 1. The lowest BCUT2D eigenvalue weighted by Gasteiger charge is -2.21. The van der Waals surface area contributed by atoms with Gasteiger partial charge < -0.3 is 10.2 Å². The van der Waals surface area contributed by atoms with Crippen LogP contribution in [0.4, 0.5) is 11.4 Å². The van der Waals surface area contributed by atoms with Crippen LogP contribution in [0.15, 0.2) is 53.9 Å². The Bertz CT molecular complexity index is 1060. The van der Waals surface area contributed by atoms with Crippen molar-refractivity contribution in [1.29, 1.82) is 0 Å². The average Bonchev–Trinajstić information content (AvgIpc) is 3.07. The van der Waals surface area contributed by atoms with Crippen molar-refractivity contribution >= 4 is 57.7 Å². The number of rotatable bonds is 3. The minimum absolute atomic E-state index is 0.0230. The van der Waals surface area contributed by atoms with Gasteiger partial charge in [0.1, 0.15) is 0 Å². The number of hydrogen-bond acceptors (Lipinski definition) is 3. The second kappa shape index (κ2) is 8.57. The number of halogens is 2. The molecule has 3 aromatic rings. The first-order valence-corrected chi connectivity index (χ1v) is 10.9. The number of nitrogens with one attached hydrogen (secondary N) is 1. The third-order valence-corrected chi connectivity index (χ3v) is 6.38. The van der Waals surface area contributed by atoms with Gasteiger partial charge in [0.25, 0.3) is 11.8 Å². The molecule has 0 saturated carbocycles. The van der Waals surface area contributed by atoms with Crippen LogP contribution in [-0.2, 0) is 6.42 Å². The Morgan fingerprint density at radius 1 is 1.00 bits per heavy atom. The number of benzene rings is 2. The van der Waals surface area contributed by atoms with Gasteiger partial charge in [-0.25, -0.2) is 0 Å². The first-order chi connectivity index (χ1) is 14.0. The molecule has 2 aromatic carbocycles. The largest absolute Gasteiger partial charge is 0.322 e. The van der Waals surface area contributed by atoms with Crippen molar-refractivity contribution in [3.63, 3.8) is 0 Å². The average molecular weight is 445 g/mol. The Balaban J connectivity index is 1.49. The van der Waals surface area contributed by atoms with Crippen molar-refractivity contribution in [2.75, 3.05) is 16.8 Å². The maximum atomic E-state index is 13.1. The second-order valence-electron chi connectivity index (χ2n) is 6.80. The van der Waals surface area contributed by atoms with E-state index in [9.17, 15) is 9.59 Å². The maximum absolute atomic E-state index is 13.1. The molecule has 0 radical (unpaired) electrons. The molecule has 1 N–H and O–H groups in total. The third-order valence-electron chi connectivity index (χ3n) is 4.86. The Labute approximate surface area is 183 Å². The van der Waals surface area contributed by atoms with E-state index in [0.29, 0.717) is 21.8 Å². The molecule has 0 saturated heterocycles. The lowest BCUT2D eigenvalue weighted by molar-refractivity contribution is 0.0986. The molecule has 0 bridgehead atoms. The van der Waals surface area contributed by atoms with Crippen molar-refractivity contribution < 1.29 is 9.59 Å². The minimum Gasteiger partial charge on any atom is -0.322 e. The highest BCUT2D eigenvalue weighted by atomic mass is 35.5. The Morgan fingerprint density at radius 2 is 1.79 bits per heavy atom. The van der Waals surface area contributed by atoms with Gasteiger partial charge >= 0.3 is 0 Å². The molecule has 1 aliphatic rings. The fraction of sp³-hybridized carbons (Fsp3) is 0.182. The van der Waals surface area contributed by atoms with Gasteiger partial charge in [0.15, 0.2) is 0 Å². The van der Waals surface area contributed by atoms with Crippen LogP contribution in [0.5, 0.6) is 0 Å². The third kappa shape index (κ3) is 4.32. The highest BCUT2D eigenvalue weighted by Crippen LogP contribution is 2.32. The number of carbonyl (C=O) groups is 2. The SMILES string of the molecule is O=C(Nc1ccc(C(=O)N2CCCCc3sccc32)cc1)c1ccc(Cl)cc1Cl. The molecule has 1 aliphatic heterocycles. The fourth-order valence-electron chi connectivity index (χ4n) is 3.37. The second-order valence-corrected chi connectivity index (χ2v) is 8.64. The molecule has 0 fully saturated rings. The molecular weight excluding hydrogens is 427 g/mol. The van der Waals surface area contributed by atoms with Crippen LogP contribution in [0.3, 0.4) is 0 Å². The summed E-state index contributed by atoms with van der Waals surface area (Å²) in [5.41, 5.74) is 2.54. The van der Waals surface area contributed by atoms with Crippen LogP contribution < -0.4 is 10.2 Å². The van der Waals surface area contributed by atoms with Gasteiger partial charge in [-0.05, 0) is 73.2 Å². The van der Waals surface area contributed by atoms with Crippen molar-refractivity contribution in [1.82, 2.24) is 0 Å². The van der Waals surface area contributed by atoms with Gasteiger partial charge in [-0.1, -0.05) is 23.2 Å². The molecule has 148 valence electrons. The van der Waals surface area contributed by atoms with Crippen LogP contribution in [0.25, 0.3) is 0 Å². The van der Waals surface area contributed by atoms with Crippen LogP contribution in [0.2, 0.25) is 10.0 Å². The van der Waals surface area contributed by atoms with Crippen LogP contribution in [-0.4, -0.2) is 18.4 Å². The van der Waals surface area contributed by atoms with Gasteiger partial charge in [-0.3, -0.25) is 9.59 Å². The molecule has 4 nitrogen and oxygen atoms in total. The summed E-state index contributed by atoms with van der Waals surface area (Å²) in [5, 5.41) is 5.59. The fourth-order valence-corrected chi connectivity index (χ4v) is 4.79. The van der Waals surface area contributed by atoms with Crippen LogP contribution >= 0.6 is 34.5 Å². The lowest BCUT2D eigenvalue weighted by atomic mass is 10.1. The number of thiophene rings is 1. The van der Waals surface area contributed by atoms with Crippen molar-refractivity contribution in [3.05, 3.63) is 80.0 Å². The van der Waals surface area contributed by atoms with Crippen molar-refractivity contribution in [2.24, 2.45) is 0 Å². The maximum Gasteiger partial charge on any atom is 0.258 e. The number of hydrogen-bond donors (Lipinski definition) is 1. The van der Waals surface area contributed by atoms with E-state index in [2.05, 4.69) is 5.32 Å². The molecule has 2 heterocycles. The summed E-state index contributed by atoms with van der Waals surface area (Å²) in [6, 6.07) is 13.7. The van der Waals surface area contributed by atoms with E-state index in [-0.39, 0.29) is 16.8 Å². The predicted octanol–water partition coefficient (Wildman–Crippen LogP) is 6.29. The Morgan fingerprint density at radius 3 is 2.55 bits per heavy atom. The van der Waals surface area contributed by atoms with Gasteiger partial charge in [0.05, 0.1) is 16.3 Å². The van der Waals surface area contributed by atoms with E-state index in [1.165, 1.54) is 10.9 Å². The molecule has 0 unspecified atom stereocenters. The van der Waals surface area contributed by atoms with E-state index in [1.54, 1.807) is 47.7 Å². The van der Waals surface area contributed by atoms with Gasteiger partial charge in [-0.15, -0.1) is 11.3 Å². The Kier molecular flexibility index (Phi) is 5.90. The molecule has 1 aromatic heterocycles. The first-order valence-electron chi connectivity index (χ1n) is 9.27. The van der Waals surface area contributed by atoms with E-state index in [0.717, 1.165) is 31.5 Å². The summed E-state index contributed by atoms with van der Waals surface area (Å²) >= 11 is 13.7. The Hall–Kier alpha value is -2.34. The van der Waals surface area contributed by atoms with E-state index in [1.807, 2.05) is 16.3 Å². The zero-order valence-electron chi connectivity index (χ0n) is 15.5. The molecule has 0 atom stereocenters. The van der Waals surface area contributed by atoms with Crippen molar-refractivity contribution in [2.45, 2.75) is 19.3 Å². The number of aryl methyl sites for hydroxylation is 1. The van der Waals surface area contributed by atoms with Crippen molar-refractivity contribution in [3.8, 4) is 0 Å². The molecule has 29 heavy (non-hydrogen) atoms. The number of carbonyl (C=O) groups excluding carboxylic acids is 2. The van der Waals surface area contributed by atoms with Crippen LogP contribution in [0.1, 0.15) is 38.4 Å². The van der Waals surface area contributed by atoms with E-state index < -0.39 is 0 Å². The quantitative estimate of drug-likeness (QED) is 0.515. The molecular formula is C22H18Cl2N2O2S. The zero-order chi connectivity index (χ0) is 20.4. The summed E-state index contributed by atoms with van der Waals surface area (Å²) in [6.45, 7) is 0.718. The standard InChI is InChI=1S/C22H18Cl2N2O2S/c23-15-6-9-17(18(24)13-15)21(27)25-16-7-4-14(5-8-16)22(28)26-11-2-1-3-20-19(26)10-12-29-20/h4-10,12-13H,1-3,11H2,(H,25,27). The van der Waals surface area contributed by atoms with Gasteiger partial charge in [-0.2, -0.15) is 0 Å². The lowest BCUT2D eigenvalue weighted by Crippen LogP contribution is -2.31. The summed E-state index contributed by atoms with van der Waals surface area (Å²) < 4.78 is 0. The normalized spacial score (nSPS) is 13.5. The molecule has 7 heteroatoms. The number of amides is 2. The number of fused-ring (bicyclic) bond motifs is 1. The highest BCUT2D eigenvalue weighted by Gasteiger charge is 2.23. The predicted molar refractivity (Wildman–Crippen MR) is 120 cm³/mol. The van der Waals surface area contributed by atoms with Crippen LogP contribution in [0, 0.1) is 0 Å². The van der Waals surface area contributed by atoms with E-state index >= 15 is 0 Å². The summed E-state index contributed by atoms with van der Waals surface area (Å²) in [6.07, 6.45) is 3.10. The zero-order valence-corrected chi connectivity index (χ0v) is 17.8. The summed E-state index contributed by atoms with van der Waals surface area (Å²) in [4.78, 5) is 28.6. The monoisotopic (exact) mass is 444 g/mol. The van der Waals surface area contributed by atoms with Gasteiger partial charge in [0.2, 0.25) is 0 Å². The molecule has 0 aliphatic carbocycles. The minimum atomic E-state index is -0.332. The molecule has 0 spiro atoms. The van der Waals surface area contributed by atoms with Gasteiger partial charge in [0, 0.05) is 27.7 Å². The summed E-state index contributed by atoms with van der Waals surface area (Å²) in [7, 11) is 0. The topological polar surface area (TPSA) is 49.4 Å². The summed E-state index contributed by atoms with van der Waals surface area (Å²) in [5.74, 6) is -0.355. The molecule has 2 amide bonds. The smallest absolute Gasteiger partial charge is 0.258 e. The first kappa shape index (κ1) is 20.0. The van der Waals surface area contributed by atoms with E-state index in [4.69, 9.17) is 23.2 Å². The highest BCUT2D eigenvalue weighted by molar-refractivity contribution is 7.10. The molecule has 4 rings (SSSR count). The number of anilines is 2.